The van der Waals surface area contributed by atoms with E-state index >= 15 is 0 Å². The molecule has 0 fully saturated rings. The summed E-state index contributed by atoms with van der Waals surface area (Å²) in [4.78, 5) is 9.58. The molecule has 0 aliphatic rings. The molecule has 0 unspecified atom stereocenters. The van der Waals surface area contributed by atoms with Crippen LogP contribution in [0.1, 0.15) is 36.0 Å². The quantitative estimate of drug-likeness (QED) is 0.156. The van der Waals surface area contributed by atoms with Crippen LogP contribution in [0.25, 0.3) is 83.1 Å². The largest absolute Gasteiger partial charge is 2.00 e. The number of hydrogen-bond acceptors (Lipinski definition) is 4. The van der Waals surface area contributed by atoms with Crippen molar-refractivity contribution in [3.63, 3.8) is 0 Å². The van der Waals surface area contributed by atoms with Gasteiger partial charge in [0.05, 0.1) is 5.58 Å². The molecule has 278 valence electrons. The Morgan fingerprint density at radius 3 is 2.21 bits per heavy atom. The summed E-state index contributed by atoms with van der Waals surface area (Å²) in [5.74, 6) is 1.72. The number of pyridine rings is 2. The summed E-state index contributed by atoms with van der Waals surface area (Å²) in [5.41, 5.74) is 8.84. The van der Waals surface area contributed by atoms with Gasteiger partial charge in [0.25, 0.3) is 0 Å². The van der Waals surface area contributed by atoms with Crippen molar-refractivity contribution in [1.82, 2.24) is 14.5 Å². The van der Waals surface area contributed by atoms with Crippen molar-refractivity contribution >= 4 is 43.7 Å². The van der Waals surface area contributed by atoms with Crippen LogP contribution in [0, 0.1) is 19.0 Å². The van der Waals surface area contributed by atoms with E-state index in [1.54, 1.807) is 0 Å². The van der Waals surface area contributed by atoms with Gasteiger partial charge >= 0.3 is 21.1 Å². The second kappa shape index (κ2) is 14.3. The third-order valence-electron chi connectivity index (χ3n) is 10.4. The number of para-hydroxylation sites is 1. The van der Waals surface area contributed by atoms with Gasteiger partial charge in [0.2, 0.25) is 0 Å². The molecule has 0 aliphatic carbocycles. The second-order valence-corrected chi connectivity index (χ2v) is 15.1. The van der Waals surface area contributed by atoms with Crippen LogP contribution in [0.15, 0.2) is 156 Å². The number of benzene rings is 6. The van der Waals surface area contributed by atoms with Crippen LogP contribution < -0.4 is 4.74 Å². The first-order valence-corrected chi connectivity index (χ1v) is 18.6. The molecule has 0 radical (unpaired) electrons. The van der Waals surface area contributed by atoms with Crippen LogP contribution in [0.4, 0.5) is 0 Å². The fourth-order valence-corrected chi connectivity index (χ4v) is 7.58. The molecule has 6 aromatic carbocycles. The average Bonchev–Trinajstić information content (AvgIpc) is 3.78. The van der Waals surface area contributed by atoms with Crippen LogP contribution in [0.5, 0.6) is 11.5 Å². The van der Waals surface area contributed by atoms with Gasteiger partial charge in [-0.3, -0.25) is 0 Å². The van der Waals surface area contributed by atoms with Gasteiger partial charge < -0.3 is 18.7 Å². The summed E-state index contributed by atoms with van der Waals surface area (Å²) >= 11 is 0. The van der Waals surface area contributed by atoms with Crippen molar-refractivity contribution in [3.05, 3.63) is 175 Å². The zero-order valence-corrected chi connectivity index (χ0v) is 33.7. The minimum atomic E-state index is -2.38. The first kappa shape index (κ1) is 32.9. The Morgan fingerprint density at radius 2 is 1.42 bits per heavy atom. The Morgan fingerprint density at radius 1 is 0.667 bits per heavy atom. The summed E-state index contributed by atoms with van der Waals surface area (Å²) in [6.07, 6.45) is 3.31. The van der Waals surface area contributed by atoms with Gasteiger partial charge in [0.1, 0.15) is 11.4 Å². The van der Waals surface area contributed by atoms with E-state index < -0.39 is 6.85 Å². The molecule has 0 atom stereocenters. The Bertz CT molecular complexity index is 3220. The predicted molar refractivity (Wildman–Crippen MR) is 228 cm³/mol. The van der Waals surface area contributed by atoms with E-state index in [-0.39, 0.29) is 32.0 Å². The van der Waals surface area contributed by atoms with E-state index in [2.05, 4.69) is 92.1 Å². The van der Waals surface area contributed by atoms with Gasteiger partial charge in [-0.05, 0) is 81.0 Å². The van der Waals surface area contributed by atoms with E-state index in [0.717, 1.165) is 55.1 Å². The Kier molecular flexibility index (Phi) is 8.27. The molecule has 0 aliphatic heterocycles. The number of aryl methyl sites for hydroxylation is 1. The molecule has 0 bridgehead atoms. The molecular formula is C51H37N3O2Pt. The molecule has 10 aromatic rings. The van der Waals surface area contributed by atoms with Crippen molar-refractivity contribution in [2.24, 2.45) is 0 Å². The maximum absolute atomic E-state index is 8.33. The second-order valence-electron chi connectivity index (χ2n) is 15.1. The minimum absolute atomic E-state index is 0. The van der Waals surface area contributed by atoms with E-state index in [0.29, 0.717) is 39.5 Å². The van der Waals surface area contributed by atoms with Crippen LogP contribution in [-0.2, 0) is 26.5 Å². The zero-order valence-electron chi connectivity index (χ0n) is 34.4. The van der Waals surface area contributed by atoms with E-state index in [1.165, 1.54) is 11.8 Å². The molecule has 0 saturated heterocycles. The van der Waals surface area contributed by atoms with E-state index in [4.69, 9.17) is 23.2 Å². The van der Waals surface area contributed by atoms with Crippen molar-refractivity contribution in [1.29, 1.82) is 0 Å². The molecule has 6 heteroatoms. The molecule has 0 amide bonds. The maximum atomic E-state index is 8.33. The van der Waals surface area contributed by atoms with Gasteiger partial charge in [-0.15, -0.1) is 17.5 Å². The van der Waals surface area contributed by atoms with Crippen LogP contribution >= 0.6 is 0 Å². The minimum Gasteiger partial charge on any atom is -0.503 e. The number of fused-ring (bicyclic) bond motifs is 6. The normalized spacial score (nSPS) is 12.7. The summed E-state index contributed by atoms with van der Waals surface area (Å²) in [6.45, 7) is 4.21. The molecule has 57 heavy (non-hydrogen) atoms. The third kappa shape index (κ3) is 6.52. The predicted octanol–water partition coefficient (Wildman–Crippen LogP) is 13.5. The van der Waals surface area contributed by atoms with Crippen molar-refractivity contribution in [3.8, 4) is 50.8 Å². The molecule has 4 aromatic heterocycles. The number of furan rings is 1. The summed E-state index contributed by atoms with van der Waals surface area (Å²) in [7, 11) is 0. The zero-order chi connectivity index (χ0) is 40.5. The number of nitrogens with zero attached hydrogens (tertiary/aromatic N) is 3. The third-order valence-corrected chi connectivity index (χ3v) is 10.4. The first-order valence-electron chi connectivity index (χ1n) is 20.1. The molecule has 4 heterocycles. The Labute approximate surface area is 350 Å². The van der Waals surface area contributed by atoms with Crippen molar-refractivity contribution in [2.45, 2.75) is 33.0 Å². The van der Waals surface area contributed by atoms with Crippen molar-refractivity contribution in [2.75, 3.05) is 0 Å². The summed E-state index contributed by atoms with van der Waals surface area (Å²) in [5, 5.41) is 3.82. The fraction of sp³-hybridized carbons (Fsp3) is 0.0980. The van der Waals surface area contributed by atoms with Crippen LogP contribution in [0.3, 0.4) is 0 Å². The molecule has 0 spiro atoms. The average molecular weight is 922 g/mol. The maximum Gasteiger partial charge on any atom is 2.00 e. The standard InChI is InChI=1S/C51H37N3O2.Pt/c1-32-31-53-45(30-42(32)34-15-9-6-10-16-34)44-28-38(27-43-41-21-19-35(25-48(41)56-50(43)44)33-13-7-5-8-14-33)55-37-20-22-40-39-17-11-12-18-46(39)54(47(40)29-37)49-26-36(23-24-52-49)51(2,3)4;/h5-27,30-31H,1-4H3;/q-2;+2/i1D3;. The van der Waals surface area contributed by atoms with Crippen LogP contribution in [-0.4, -0.2) is 14.5 Å². The first-order chi connectivity index (χ1) is 28.5. The van der Waals surface area contributed by atoms with Crippen molar-refractivity contribution < 1.29 is 34.3 Å². The number of ether oxygens (including phenoxy) is 1. The molecular weight excluding hydrogens is 882 g/mol. The summed E-state index contributed by atoms with van der Waals surface area (Å²) < 4.78 is 40.5. The van der Waals surface area contributed by atoms with E-state index in [1.807, 2.05) is 91.1 Å². The fourth-order valence-electron chi connectivity index (χ4n) is 7.58. The smallest absolute Gasteiger partial charge is 0.503 e. The van der Waals surface area contributed by atoms with Gasteiger partial charge in [-0.2, -0.15) is 6.07 Å². The van der Waals surface area contributed by atoms with Gasteiger partial charge in [0.15, 0.2) is 0 Å². The Hall–Kier alpha value is -6.29. The van der Waals surface area contributed by atoms with Gasteiger partial charge in [-0.1, -0.05) is 146 Å². The molecule has 0 N–H and O–H groups in total. The number of rotatable bonds is 6. The number of aromatic nitrogens is 3. The van der Waals surface area contributed by atoms with E-state index in [9.17, 15) is 0 Å². The van der Waals surface area contributed by atoms with Gasteiger partial charge in [-0.25, -0.2) is 4.98 Å². The number of hydrogen-bond donors (Lipinski definition) is 0. The topological polar surface area (TPSA) is 53.1 Å². The molecule has 5 nitrogen and oxygen atoms in total. The molecule has 0 saturated carbocycles. The SMILES string of the molecule is [2H]C([2H])([2H])c1cnc(-c2[c-]c(Oc3[c-]c4c(cc3)c3ccccc3n4-c3cc(C(C)(C)C)ccn3)cc3c2oc2cc(-c4ccccc4)ccc23)cc1-c1ccccc1.[Pt+2]. The van der Waals surface area contributed by atoms with Crippen LogP contribution in [0.2, 0.25) is 0 Å². The monoisotopic (exact) mass is 921 g/mol. The summed E-state index contributed by atoms with van der Waals surface area (Å²) in [6, 6.07) is 53.2. The Balaban J connectivity index is 0.00000462. The van der Waals surface area contributed by atoms with Gasteiger partial charge in [0, 0.05) is 38.9 Å². The molecule has 10 rings (SSSR count).